The van der Waals surface area contributed by atoms with Crippen LogP contribution in [0.5, 0.6) is 5.75 Å². The first-order valence-electron chi connectivity index (χ1n) is 8.76. The van der Waals surface area contributed by atoms with Gasteiger partial charge >= 0.3 is 0 Å². The van der Waals surface area contributed by atoms with E-state index in [4.69, 9.17) is 22.1 Å². The lowest BCUT2D eigenvalue weighted by molar-refractivity contribution is -0.120. The molecule has 2 heterocycles. The molecule has 0 spiro atoms. The lowest BCUT2D eigenvalue weighted by Crippen LogP contribution is -2.25. The maximum Gasteiger partial charge on any atom is 0.255 e. The van der Waals surface area contributed by atoms with Crippen molar-refractivity contribution in [2.45, 2.75) is 12.3 Å². The normalized spacial score (nSPS) is 15.5. The molecule has 1 aliphatic rings. The first kappa shape index (κ1) is 18.9. The fourth-order valence-electron chi connectivity index (χ4n) is 3.29. The van der Waals surface area contributed by atoms with Gasteiger partial charge in [0.2, 0.25) is 5.91 Å². The van der Waals surface area contributed by atoms with Crippen molar-refractivity contribution in [2.24, 2.45) is 5.73 Å². The van der Waals surface area contributed by atoms with Gasteiger partial charge in [0.25, 0.3) is 5.91 Å². The van der Waals surface area contributed by atoms with Crippen LogP contribution in [-0.4, -0.2) is 28.0 Å². The van der Waals surface area contributed by atoms with Gasteiger partial charge in [0, 0.05) is 12.3 Å². The van der Waals surface area contributed by atoms with E-state index in [2.05, 4.69) is 10.3 Å². The Morgan fingerprint density at radius 1 is 1.34 bits per heavy atom. The number of primary amides is 1. The second-order valence-corrected chi connectivity index (χ2v) is 6.99. The standard InChI is InChI=1S/C20H16ClFN4O3/c21-15-7-12(4-5-16(15)22)26-10-24-19-14(8-18(28)25-20(19)26)11-2-1-3-13(6-11)29-9-17(23)27/h1-7,10,14H,8-9H2,(H2,23,27)(H,25,28). The number of amides is 2. The molecule has 2 amide bonds. The molecule has 3 N–H and O–H groups in total. The van der Waals surface area contributed by atoms with E-state index < -0.39 is 11.7 Å². The van der Waals surface area contributed by atoms with Crippen molar-refractivity contribution < 1.29 is 18.7 Å². The Balaban J connectivity index is 1.71. The first-order valence-corrected chi connectivity index (χ1v) is 9.13. The van der Waals surface area contributed by atoms with Gasteiger partial charge in [-0.15, -0.1) is 0 Å². The Kier molecular flexibility index (Phi) is 4.94. The zero-order valence-corrected chi connectivity index (χ0v) is 15.8. The first-order chi connectivity index (χ1) is 13.9. The summed E-state index contributed by atoms with van der Waals surface area (Å²) in [4.78, 5) is 27.8. The number of nitrogens with two attached hydrogens (primary N) is 1. The zero-order chi connectivity index (χ0) is 20.5. The third-order valence-corrected chi connectivity index (χ3v) is 4.89. The number of carbonyl (C=O) groups excluding carboxylic acids is 2. The third-order valence-electron chi connectivity index (χ3n) is 4.60. The number of hydrogen-bond donors (Lipinski definition) is 2. The van der Waals surface area contributed by atoms with Crippen molar-refractivity contribution >= 4 is 29.2 Å². The summed E-state index contributed by atoms with van der Waals surface area (Å²) in [6.45, 7) is -0.236. The van der Waals surface area contributed by atoms with Crippen molar-refractivity contribution in [3.05, 3.63) is 70.9 Å². The number of nitrogens with one attached hydrogen (secondary N) is 1. The Hall–Kier alpha value is -3.39. The largest absolute Gasteiger partial charge is 0.484 e. The molecule has 0 aliphatic carbocycles. The van der Waals surface area contributed by atoms with Crippen LogP contribution >= 0.6 is 11.6 Å². The maximum atomic E-state index is 13.5. The second kappa shape index (κ2) is 7.56. The molecule has 7 nitrogen and oxygen atoms in total. The van der Waals surface area contributed by atoms with Crippen molar-refractivity contribution in [2.75, 3.05) is 11.9 Å². The Morgan fingerprint density at radius 2 is 2.17 bits per heavy atom. The molecule has 1 aliphatic heterocycles. The van der Waals surface area contributed by atoms with Gasteiger partial charge in [-0.2, -0.15) is 0 Å². The quantitative estimate of drug-likeness (QED) is 0.670. The number of hydrogen-bond acceptors (Lipinski definition) is 4. The van der Waals surface area contributed by atoms with Crippen molar-refractivity contribution in [3.63, 3.8) is 0 Å². The molecule has 9 heteroatoms. The van der Waals surface area contributed by atoms with Gasteiger partial charge < -0.3 is 15.8 Å². The molecular weight excluding hydrogens is 399 g/mol. The molecule has 2 aromatic carbocycles. The lowest BCUT2D eigenvalue weighted by Gasteiger charge is -2.23. The molecule has 1 unspecified atom stereocenters. The van der Waals surface area contributed by atoms with E-state index in [9.17, 15) is 14.0 Å². The van der Waals surface area contributed by atoms with Crippen molar-refractivity contribution in [3.8, 4) is 11.4 Å². The van der Waals surface area contributed by atoms with E-state index in [0.29, 0.717) is 22.9 Å². The number of rotatable bonds is 5. The van der Waals surface area contributed by atoms with Crippen LogP contribution in [0.2, 0.25) is 5.02 Å². The van der Waals surface area contributed by atoms with E-state index in [0.717, 1.165) is 5.56 Å². The zero-order valence-electron chi connectivity index (χ0n) is 15.1. The summed E-state index contributed by atoms with van der Waals surface area (Å²) in [6.07, 6.45) is 1.76. The molecule has 29 heavy (non-hydrogen) atoms. The number of nitrogens with zero attached hydrogens (tertiary/aromatic N) is 2. The highest BCUT2D eigenvalue weighted by Crippen LogP contribution is 2.38. The minimum atomic E-state index is -0.577. The predicted molar refractivity (Wildman–Crippen MR) is 105 cm³/mol. The maximum absolute atomic E-state index is 13.5. The summed E-state index contributed by atoms with van der Waals surface area (Å²) in [7, 11) is 0. The molecule has 1 aromatic heterocycles. The van der Waals surface area contributed by atoms with Crippen LogP contribution in [-0.2, 0) is 9.59 Å². The molecular formula is C20H16ClFN4O3. The third kappa shape index (κ3) is 3.79. The smallest absolute Gasteiger partial charge is 0.255 e. The topological polar surface area (TPSA) is 99.2 Å². The number of halogens is 2. The minimum absolute atomic E-state index is 0.0251. The fourth-order valence-corrected chi connectivity index (χ4v) is 3.46. The number of fused-ring (bicyclic) bond motifs is 1. The van der Waals surface area contributed by atoms with Gasteiger partial charge in [0.1, 0.15) is 23.7 Å². The van der Waals surface area contributed by atoms with Crippen molar-refractivity contribution in [1.29, 1.82) is 0 Å². The average molecular weight is 415 g/mol. The summed E-state index contributed by atoms with van der Waals surface area (Å²) in [5, 5.41) is 2.80. The molecule has 0 saturated heterocycles. The number of ether oxygens (including phenoxy) is 1. The van der Waals surface area contributed by atoms with Gasteiger partial charge in [-0.05, 0) is 35.9 Å². The number of benzene rings is 2. The predicted octanol–water partition coefficient (Wildman–Crippen LogP) is 3.00. The number of aromatic nitrogens is 2. The van der Waals surface area contributed by atoms with Gasteiger partial charge in [0.05, 0.1) is 16.4 Å². The number of anilines is 1. The van der Waals surface area contributed by atoms with Gasteiger partial charge in [-0.3, -0.25) is 14.2 Å². The monoisotopic (exact) mass is 414 g/mol. The lowest BCUT2D eigenvalue weighted by atomic mass is 9.89. The van der Waals surface area contributed by atoms with Crippen LogP contribution in [0.15, 0.2) is 48.8 Å². The SMILES string of the molecule is NC(=O)COc1cccc(C2CC(=O)Nc3c2ncn3-c2ccc(F)c(Cl)c2)c1. The minimum Gasteiger partial charge on any atom is -0.484 e. The summed E-state index contributed by atoms with van der Waals surface area (Å²) < 4.78 is 20.5. The Bertz CT molecular complexity index is 1110. The fraction of sp³-hybridized carbons (Fsp3) is 0.150. The van der Waals surface area contributed by atoms with E-state index in [-0.39, 0.29) is 29.9 Å². The molecule has 4 rings (SSSR count). The average Bonchev–Trinajstić information content (AvgIpc) is 3.12. The van der Waals surface area contributed by atoms with Crippen LogP contribution < -0.4 is 15.8 Å². The van der Waals surface area contributed by atoms with E-state index >= 15 is 0 Å². The number of carbonyl (C=O) groups is 2. The summed E-state index contributed by atoms with van der Waals surface area (Å²) in [5.74, 6) is -0.629. The van der Waals surface area contributed by atoms with E-state index in [1.165, 1.54) is 12.1 Å². The van der Waals surface area contributed by atoms with Gasteiger partial charge in [-0.25, -0.2) is 9.37 Å². The molecule has 0 bridgehead atoms. The summed E-state index contributed by atoms with van der Waals surface area (Å²) >= 11 is 5.89. The van der Waals surface area contributed by atoms with Crippen LogP contribution in [0.1, 0.15) is 23.6 Å². The molecule has 0 radical (unpaired) electrons. The summed E-state index contributed by atoms with van der Waals surface area (Å²) in [6, 6.07) is 11.4. The highest BCUT2D eigenvalue weighted by molar-refractivity contribution is 6.30. The van der Waals surface area contributed by atoms with Crippen molar-refractivity contribution in [1.82, 2.24) is 9.55 Å². The molecule has 0 fully saturated rings. The van der Waals surface area contributed by atoms with Gasteiger partial charge in [0.15, 0.2) is 6.61 Å². The highest BCUT2D eigenvalue weighted by Gasteiger charge is 2.31. The summed E-state index contributed by atoms with van der Waals surface area (Å²) in [5.41, 5.74) is 7.17. The Labute approximate surface area is 170 Å². The Morgan fingerprint density at radius 3 is 2.93 bits per heavy atom. The second-order valence-electron chi connectivity index (χ2n) is 6.58. The molecule has 148 valence electrons. The van der Waals surface area contributed by atoms with Crippen LogP contribution in [0.3, 0.4) is 0 Å². The van der Waals surface area contributed by atoms with Crippen LogP contribution in [0.4, 0.5) is 10.2 Å². The van der Waals surface area contributed by atoms with Crippen LogP contribution in [0, 0.1) is 5.82 Å². The van der Waals surface area contributed by atoms with Crippen LogP contribution in [0.25, 0.3) is 5.69 Å². The highest BCUT2D eigenvalue weighted by atomic mass is 35.5. The molecule has 3 aromatic rings. The number of imidazole rings is 1. The van der Waals surface area contributed by atoms with E-state index in [1.54, 1.807) is 35.2 Å². The molecule has 1 atom stereocenters. The van der Waals surface area contributed by atoms with E-state index in [1.807, 2.05) is 6.07 Å². The van der Waals surface area contributed by atoms with Gasteiger partial charge in [-0.1, -0.05) is 23.7 Å². The molecule has 0 saturated carbocycles.